The fourth-order valence-corrected chi connectivity index (χ4v) is 2.07. The maximum Gasteiger partial charge on any atom is 0.314 e. The van der Waals surface area contributed by atoms with Gasteiger partial charge in [-0.2, -0.15) is 0 Å². The van der Waals surface area contributed by atoms with Crippen LogP contribution in [0.1, 0.15) is 18.4 Å². The maximum atomic E-state index is 13.5. The van der Waals surface area contributed by atoms with Gasteiger partial charge in [-0.25, -0.2) is 17.6 Å². The van der Waals surface area contributed by atoms with Crippen LogP contribution in [-0.2, 0) is 10.2 Å². The zero-order chi connectivity index (χ0) is 13.0. The molecule has 1 aromatic carbocycles. The second-order valence-electron chi connectivity index (χ2n) is 3.83. The molecule has 0 aromatic heterocycles. The van der Waals surface area contributed by atoms with Crippen molar-refractivity contribution in [1.82, 2.24) is 0 Å². The van der Waals surface area contributed by atoms with Gasteiger partial charge in [0.05, 0.1) is 9.89 Å². The molecule has 0 aliphatic heterocycles. The average Bonchev–Trinajstić information content (AvgIpc) is 3.05. The number of rotatable bonds is 2. The second kappa shape index (κ2) is 3.69. The second-order valence-corrected chi connectivity index (χ2v) is 4.63. The summed E-state index contributed by atoms with van der Waals surface area (Å²) in [6.45, 7) is 0. The summed E-state index contributed by atoms with van der Waals surface area (Å²) in [5.74, 6) is -8.04. The third-order valence-electron chi connectivity index (χ3n) is 2.85. The van der Waals surface area contributed by atoms with Gasteiger partial charge in [0.1, 0.15) is 0 Å². The molecule has 17 heavy (non-hydrogen) atoms. The summed E-state index contributed by atoms with van der Waals surface area (Å²) < 4.78 is 52.5. The van der Waals surface area contributed by atoms with E-state index in [1.807, 2.05) is 0 Å². The molecule has 1 fully saturated rings. The summed E-state index contributed by atoms with van der Waals surface area (Å²) in [4.78, 5) is 10.9. The van der Waals surface area contributed by atoms with Gasteiger partial charge in [0, 0.05) is 5.56 Å². The van der Waals surface area contributed by atoms with Gasteiger partial charge in [0.15, 0.2) is 23.3 Å². The molecule has 1 N–H and O–H groups in total. The van der Waals surface area contributed by atoms with E-state index in [2.05, 4.69) is 15.9 Å². The van der Waals surface area contributed by atoms with Crippen LogP contribution in [-0.4, -0.2) is 11.1 Å². The molecule has 0 amide bonds. The van der Waals surface area contributed by atoms with Gasteiger partial charge < -0.3 is 5.11 Å². The Hall–Kier alpha value is -1.11. The molecule has 1 aliphatic rings. The van der Waals surface area contributed by atoms with E-state index in [0.717, 1.165) is 0 Å². The van der Waals surface area contributed by atoms with E-state index in [1.165, 1.54) is 0 Å². The van der Waals surface area contributed by atoms with E-state index in [9.17, 15) is 22.4 Å². The van der Waals surface area contributed by atoms with Crippen molar-refractivity contribution in [2.24, 2.45) is 0 Å². The van der Waals surface area contributed by atoms with Crippen molar-refractivity contribution < 1.29 is 27.5 Å². The number of hydrogen-bond acceptors (Lipinski definition) is 1. The third kappa shape index (κ3) is 1.55. The highest BCUT2D eigenvalue weighted by Crippen LogP contribution is 2.51. The predicted octanol–water partition coefficient (Wildman–Crippen LogP) is 3.12. The summed E-state index contributed by atoms with van der Waals surface area (Å²) in [6.07, 6.45) is -0.0899. The maximum absolute atomic E-state index is 13.5. The van der Waals surface area contributed by atoms with Crippen LogP contribution in [0, 0.1) is 23.3 Å². The van der Waals surface area contributed by atoms with Gasteiger partial charge in [0.25, 0.3) is 0 Å². The molecule has 2 rings (SSSR count). The van der Waals surface area contributed by atoms with Crippen molar-refractivity contribution in [3.63, 3.8) is 0 Å². The zero-order valence-corrected chi connectivity index (χ0v) is 9.75. The van der Waals surface area contributed by atoms with Gasteiger partial charge in [-0.1, -0.05) is 0 Å². The molecule has 0 saturated heterocycles. The molecule has 0 radical (unpaired) electrons. The van der Waals surface area contributed by atoms with Crippen LogP contribution < -0.4 is 0 Å². The highest BCUT2D eigenvalue weighted by atomic mass is 79.9. The number of benzene rings is 1. The smallest absolute Gasteiger partial charge is 0.314 e. The first kappa shape index (κ1) is 12.3. The molecule has 1 saturated carbocycles. The van der Waals surface area contributed by atoms with Crippen LogP contribution in [0.4, 0.5) is 17.6 Å². The van der Waals surface area contributed by atoms with Crippen LogP contribution in [0.2, 0.25) is 0 Å². The molecule has 0 spiro atoms. The molecule has 0 atom stereocenters. The standard InChI is InChI=1S/C10H5BrF4O2/c11-4-7(14)5(12)3(6(13)8(4)15)10(1-2-10)9(16)17/h1-2H2,(H,16,17). The fraction of sp³-hybridized carbons (Fsp3) is 0.300. The van der Waals surface area contributed by atoms with E-state index in [0.29, 0.717) is 0 Å². The van der Waals surface area contributed by atoms with Gasteiger partial charge >= 0.3 is 5.97 Å². The molecule has 2 nitrogen and oxygen atoms in total. The van der Waals surface area contributed by atoms with Crippen molar-refractivity contribution in [2.75, 3.05) is 0 Å². The quantitative estimate of drug-likeness (QED) is 0.517. The molecule has 92 valence electrons. The average molecular weight is 313 g/mol. The lowest BCUT2D eigenvalue weighted by Crippen LogP contribution is -2.24. The molecule has 0 bridgehead atoms. The van der Waals surface area contributed by atoms with Crippen LogP contribution in [0.25, 0.3) is 0 Å². The third-order valence-corrected chi connectivity index (χ3v) is 3.54. The SMILES string of the molecule is O=C(O)C1(c2c(F)c(F)c(Br)c(F)c2F)CC1. The van der Waals surface area contributed by atoms with E-state index in [-0.39, 0.29) is 12.8 Å². The summed E-state index contributed by atoms with van der Waals surface area (Å²) in [5.41, 5.74) is -2.88. The van der Waals surface area contributed by atoms with Gasteiger partial charge in [-0.3, -0.25) is 4.79 Å². The van der Waals surface area contributed by atoms with Crippen LogP contribution in [0.3, 0.4) is 0 Å². The largest absolute Gasteiger partial charge is 0.481 e. The van der Waals surface area contributed by atoms with Gasteiger partial charge in [-0.05, 0) is 28.8 Å². The number of hydrogen-bond donors (Lipinski definition) is 1. The lowest BCUT2D eigenvalue weighted by molar-refractivity contribution is -0.140. The molecule has 1 aliphatic carbocycles. The van der Waals surface area contributed by atoms with Gasteiger partial charge in [0.2, 0.25) is 0 Å². The van der Waals surface area contributed by atoms with Crippen LogP contribution in [0.15, 0.2) is 4.47 Å². The zero-order valence-electron chi connectivity index (χ0n) is 8.16. The highest BCUT2D eigenvalue weighted by molar-refractivity contribution is 9.10. The first-order valence-electron chi connectivity index (χ1n) is 4.58. The minimum atomic E-state index is -1.84. The summed E-state index contributed by atoms with van der Waals surface area (Å²) in [6, 6.07) is 0. The number of halogens is 5. The number of aliphatic carboxylic acids is 1. The first-order chi connectivity index (χ1) is 7.83. The van der Waals surface area contributed by atoms with E-state index in [4.69, 9.17) is 5.11 Å². The first-order valence-corrected chi connectivity index (χ1v) is 5.37. The van der Waals surface area contributed by atoms with Gasteiger partial charge in [-0.15, -0.1) is 0 Å². The van der Waals surface area contributed by atoms with Crippen molar-refractivity contribution in [2.45, 2.75) is 18.3 Å². The van der Waals surface area contributed by atoms with E-state index in [1.54, 1.807) is 0 Å². The minimum Gasteiger partial charge on any atom is -0.481 e. The summed E-state index contributed by atoms with van der Waals surface area (Å²) >= 11 is 2.36. The molecular formula is C10H5BrF4O2. The van der Waals surface area contributed by atoms with Crippen molar-refractivity contribution in [3.8, 4) is 0 Å². The topological polar surface area (TPSA) is 37.3 Å². The van der Waals surface area contributed by atoms with Crippen molar-refractivity contribution >= 4 is 21.9 Å². The Morgan fingerprint density at radius 1 is 1.06 bits per heavy atom. The number of carbonyl (C=O) groups is 1. The van der Waals surface area contributed by atoms with Crippen LogP contribution >= 0.6 is 15.9 Å². The van der Waals surface area contributed by atoms with Crippen LogP contribution in [0.5, 0.6) is 0 Å². The summed E-state index contributed by atoms with van der Waals surface area (Å²) in [5, 5.41) is 8.87. The number of carboxylic acids is 1. The Bertz CT molecular complexity index is 497. The summed E-state index contributed by atoms with van der Waals surface area (Å²) in [7, 11) is 0. The molecule has 0 unspecified atom stereocenters. The monoisotopic (exact) mass is 312 g/mol. The van der Waals surface area contributed by atoms with Crippen molar-refractivity contribution in [1.29, 1.82) is 0 Å². The Morgan fingerprint density at radius 2 is 1.47 bits per heavy atom. The van der Waals surface area contributed by atoms with E-state index >= 15 is 0 Å². The fourth-order valence-electron chi connectivity index (χ4n) is 1.72. The number of carboxylic acid groups (broad SMARTS) is 1. The van der Waals surface area contributed by atoms with Crippen molar-refractivity contribution in [3.05, 3.63) is 33.3 Å². The lowest BCUT2D eigenvalue weighted by Gasteiger charge is -2.14. The Morgan fingerprint density at radius 3 is 1.76 bits per heavy atom. The Kier molecular flexibility index (Phi) is 2.68. The van der Waals surface area contributed by atoms with E-state index < -0.39 is 44.7 Å². The highest BCUT2D eigenvalue weighted by Gasteiger charge is 2.56. The predicted molar refractivity (Wildman–Crippen MR) is 52.5 cm³/mol. The lowest BCUT2D eigenvalue weighted by atomic mass is 9.94. The molecule has 0 heterocycles. The molecule has 1 aromatic rings. The Labute approximate surface area is 101 Å². The Balaban J connectivity index is 2.76. The molecular weight excluding hydrogens is 308 g/mol. The minimum absolute atomic E-state index is 0.0450. The normalized spacial score (nSPS) is 17.0. The molecule has 7 heteroatoms.